The highest BCUT2D eigenvalue weighted by Crippen LogP contribution is 1.95. The maximum atomic E-state index is 11.5. The van der Waals surface area contributed by atoms with Crippen LogP contribution in [-0.2, 0) is 11.3 Å². The summed E-state index contributed by atoms with van der Waals surface area (Å²) < 4.78 is 1.54. The number of carboxylic acid groups (broad SMARTS) is 1. The van der Waals surface area contributed by atoms with Crippen molar-refractivity contribution in [2.45, 2.75) is 6.54 Å². The molecule has 4 N–H and O–H groups in total. The zero-order valence-corrected chi connectivity index (χ0v) is 10.4. The molecule has 1 rings (SSSR count). The smallest absolute Gasteiger partial charge is 0.356 e. The Morgan fingerprint density at radius 2 is 2.21 bits per heavy atom. The number of nitrogens with two attached hydrogens (primary N) is 1. The van der Waals surface area contributed by atoms with Crippen LogP contribution in [0.4, 0.5) is 4.79 Å². The Balaban J connectivity index is 2.35. The van der Waals surface area contributed by atoms with E-state index in [9.17, 15) is 14.4 Å². The van der Waals surface area contributed by atoms with Gasteiger partial charge in [0.25, 0.3) is 0 Å². The average molecular weight is 269 g/mol. The van der Waals surface area contributed by atoms with E-state index in [0.717, 1.165) is 4.90 Å². The number of hydrogen-bond acceptors (Lipinski definition) is 4. The van der Waals surface area contributed by atoms with E-state index in [0.29, 0.717) is 6.54 Å². The van der Waals surface area contributed by atoms with Gasteiger partial charge in [-0.2, -0.15) is 0 Å². The van der Waals surface area contributed by atoms with Crippen LogP contribution in [-0.4, -0.2) is 57.6 Å². The van der Waals surface area contributed by atoms with Gasteiger partial charge in [0.2, 0.25) is 5.91 Å². The van der Waals surface area contributed by atoms with Gasteiger partial charge >= 0.3 is 12.0 Å². The number of nitrogens with one attached hydrogen (secondary N) is 1. The second-order valence-corrected chi connectivity index (χ2v) is 3.86. The van der Waals surface area contributed by atoms with Crippen LogP contribution in [0.1, 0.15) is 10.5 Å². The van der Waals surface area contributed by atoms with E-state index in [2.05, 4.69) is 10.3 Å². The molecule has 0 radical (unpaired) electrons. The summed E-state index contributed by atoms with van der Waals surface area (Å²) in [5.41, 5.74) is 4.90. The first-order valence-corrected chi connectivity index (χ1v) is 5.42. The number of imidazole rings is 1. The number of carboxylic acids is 1. The monoisotopic (exact) mass is 269 g/mol. The molecule has 0 aliphatic heterocycles. The average Bonchev–Trinajstić information content (AvgIpc) is 2.76. The summed E-state index contributed by atoms with van der Waals surface area (Å²) in [7, 11) is 1.44. The van der Waals surface area contributed by atoms with Crippen LogP contribution in [0.2, 0.25) is 0 Å². The predicted octanol–water partition coefficient (Wildman–Crippen LogP) is -1.29. The number of hydrogen-bond donors (Lipinski definition) is 3. The standard InChI is InChI=1S/C10H15N5O4/c1-14(5-8(11)16)10(19)12-2-3-15-4-7(9(17)18)13-6-15/h4,6H,2-3,5H2,1H3,(H2,11,16)(H,12,19)(H,17,18). The van der Waals surface area contributed by atoms with E-state index in [1.807, 2.05) is 0 Å². The van der Waals surface area contributed by atoms with Crippen LogP contribution >= 0.6 is 0 Å². The van der Waals surface area contributed by atoms with Crippen molar-refractivity contribution < 1.29 is 19.5 Å². The number of likely N-dealkylation sites (N-methyl/N-ethyl adjacent to an activating group) is 1. The highest BCUT2D eigenvalue weighted by atomic mass is 16.4. The molecular weight excluding hydrogens is 254 g/mol. The Morgan fingerprint density at radius 1 is 1.53 bits per heavy atom. The first kappa shape index (κ1) is 14.5. The number of carbonyl (C=O) groups is 3. The third-order valence-corrected chi connectivity index (χ3v) is 2.24. The Hall–Kier alpha value is -2.58. The molecule has 3 amide bonds. The number of urea groups is 1. The molecule has 0 aromatic carbocycles. The number of rotatable bonds is 6. The molecule has 0 atom stereocenters. The summed E-state index contributed by atoms with van der Waals surface area (Å²) in [6.07, 6.45) is 2.73. The van der Waals surface area contributed by atoms with E-state index in [4.69, 9.17) is 10.8 Å². The van der Waals surface area contributed by atoms with Crippen LogP contribution in [0, 0.1) is 0 Å². The molecule has 1 aromatic heterocycles. The van der Waals surface area contributed by atoms with E-state index in [1.165, 1.54) is 24.1 Å². The fourth-order valence-electron chi connectivity index (χ4n) is 1.33. The Labute approximate surface area is 109 Å². The molecule has 0 unspecified atom stereocenters. The van der Waals surface area contributed by atoms with Crippen molar-refractivity contribution in [1.82, 2.24) is 19.8 Å². The highest BCUT2D eigenvalue weighted by molar-refractivity contribution is 5.85. The third kappa shape index (κ3) is 4.66. The Morgan fingerprint density at radius 3 is 2.74 bits per heavy atom. The molecule has 0 fully saturated rings. The molecule has 1 aromatic rings. The van der Waals surface area contributed by atoms with Crippen molar-refractivity contribution in [3.63, 3.8) is 0 Å². The van der Waals surface area contributed by atoms with Crippen molar-refractivity contribution in [1.29, 1.82) is 0 Å². The van der Waals surface area contributed by atoms with Crippen LogP contribution in [0.25, 0.3) is 0 Å². The van der Waals surface area contributed by atoms with Crippen molar-refractivity contribution in [3.05, 3.63) is 18.2 Å². The van der Waals surface area contributed by atoms with Gasteiger partial charge in [-0.3, -0.25) is 4.79 Å². The molecule has 9 nitrogen and oxygen atoms in total. The van der Waals surface area contributed by atoms with Gasteiger partial charge in [0.1, 0.15) is 6.54 Å². The predicted molar refractivity (Wildman–Crippen MR) is 64.4 cm³/mol. The maximum absolute atomic E-state index is 11.5. The van der Waals surface area contributed by atoms with Gasteiger partial charge < -0.3 is 25.6 Å². The first-order chi connectivity index (χ1) is 8.90. The fraction of sp³-hybridized carbons (Fsp3) is 0.400. The lowest BCUT2D eigenvalue weighted by Gasteiger charge is -2.15. The highest BCUT2D eigenvalue weighted by Gasteiger charge is 2.10. The molecule has 104 valence electrons. The van der Waals surface area contributed by atoms with Crippen LogP contribution < -0.4 is 11.1 Å². The number of aromatic carboxylic acids is 1. The van der Waals surface area contributed by atoms with Gasteiger partial charge in [0, 0.05) is 26.3 Å². The van der Waals surface area contributed by atoms with Gasteiger partial charge in [0.15, 0.2) is 5.69 Å². The van der Waals surface area contributed by atoms with E-state index < -0.39 is 17.9 Å². The quantitative estimate of drug-likeness (QED) is 0.591. The number of carbonyl (C=O) groups excluding carboxylic acids is 2. The minimum Gasteiger partial charge on any atom is -0.476 e. The van der Waals surface area contributed by atoms with Gasteiger partial charge in [-0.05, 0) is 0 Å². The van der Waals surface area contributed by atoms with Crippen molar-refractivity contribution in [2.75, 3.05) is 20.1 Å². The Kier molecular flexibility index (Phi) is 4.86. The lowest BCUT2D eigenvalue weighted by molar-refractivity contribution is -0.118. The van der Waals surface area contributed by atoms with Gasteiger partial charge in [-0.1, -0.05) is 0 Å². The van der Waals surface area contributed by atoms with E-state index in [1.54, 1.807) is 0 Å². The molecule has 9 heteroatoms. The van der Waals surface area contributed by atoms with Gasteiger partial charge in [-0.25, -0.2) is 14.6 Å². The summed E-state index contributed by atoms with van der Waals surface area (Å²) in [6, 6.07) is -0.433. The van der Waals surface area contributed by atoms with Gasteiger partial charge in [0.05, 0.1) is 6.33 Å². The molecule has 0 aliphatic rings. The molecule has 1 heterocycles. The van der Waals surface area contributed by atoms with Crippen molar-refractivity contribution in [3.8, 4) is 0 Å². The molecule has 0 spiro atoms. The number of amides is 3. The second-order valence-electron chi connectivity index (χ2n) is 3.86. The largest absolute Gasteiger partial charge is 0.476 e. The van der Waals surface area contributed by atoms with E-state index >= 15 is 0 Å². The summed E-state index contributed by atoms with van der Waals surface area (Å²) in [5, 5.41) is 11.2. The number of aromatic nitrogens is 2. The summed E-state index contributed by atoms with van der Waals surface area (Å²) >= 11 is 0. The molecule has 0 saturated carbocycles. The van der Waals surface area contributed by atoms with Crippen molar-refractivity contribution >= 4 is 17.9 Å². The minimum absolute atomic E-state index is 0.0582. The zero-order chi connectivity index (χ0) is 14.4. The van der Waals surface area contributed by atoms with Crippen LogP contribution in [0.5, 0.6) is 0 Å². The zero-order valence-electron chi connectivity index (χ0n) is 10.4. The number of nitrogens with zero attached hydrogens (tertiary/aromatic N) is 3. The lowest BCUT2D eigenvalue weighted by atomic mass is 10.5. The maximum Gasteiger partial charge on any atom is 0.356 e. The number of primary amides is 1. The summed E-state index contributed by atoms with van der Waals surface area (Å²) in [6.45, 7) is 0.480. The first-order valence-electron chi connectivity index (χ1n) is 5.42. The van der Waals surface area contributed by atoms with Crippen LogP contribution in [0.15, 0.2) is 12.5 Å². The van der Waals surface area contributed by atoms with Gasteiger partial charge in [-0.15, -0.1) is 0 Å². The SMILES string of the molecule is CN(CC(N)=O)C(=O)NCCn1cnc(C(=O)O)c1. The lowest BCUT2D eigenvalue weighted by Crippen LogP contribution is -2.42. The molecule has 19 heavy (non-hydrogen) atoms. The van der Waals surface area contributed by atoms with Crippen LogP contribution in [0.3, 0.4) is 0 Å². The molecular formula is C10H15N5O4. The third-order valence-electron chi connectivity index (χ3n) is 2.24. The molecule has 0 saturated heterocycles. The summed E-state index contributed by atoms with van der Waals surface area (Å²) in [5.74, 6) is -1.71. The minimum atomic E-state index is -1.11. The Bertz CT molecular complexity index is 484. The van der Waals surface area contributed by atoms with Crippen molar-refractivity contribution in [2.24, 2.45) is 5.73 Å². The van der Waals surface area contributed by atoms with E-state index in [-0.39, 0.29) is 18.8 Å². The second kappa shape index (κ2) is 6.38. The normalized spacial score (nSPS) is 9.95. The molecule has 0 bridgehead atoms. The topological polar surface area (TPSA) is 131 Å². The summed E-state index contributed by atoms with van der Waals surface area (Å²) in [4.78, 5) is 37.5. The fourth-order valence-corrected chi connectivity index (χ4v) is 1.33. The molecule has 0 aliphatic carbocycles.